The van der Waals surface area contributed by atoms with Crippen LogP contribution in [-0.2, 0) is 4.79 Å². The van der Waals surface area contributed by atoms with E-state index in [1.807, 2.05) is 18.2 Å². The minimum Gasteiger partial charge on any atom is -0.481 e. The van der Waals surface area contributed by atoms with Crippen molar-refractivity contribution in [1.29, 1.82) is 0 Å². The molecule has 1 aliphatic carbocycles. The van der Waals surface area contributed by atoms with E-state index in [4.69, 9.17) is 0 Å². The van der Waals surface area contributed by atoms with Crippen LogP contribution in [0.5, 0.6) is 0 Å². The smallest absolute Gasteiger partial charge is 0.311 e. The summed E-state index contributed by atoms with van der Waals surface area (Å²) < 4.78 is 0.870. The van der Waals surface area contributed by atoms with Gasteiger partial charge in [0.2, 0.25) is 0 Å². The van der Waals surface area contributed by atoms with E-state index in [1.165, 1.54) is 0 Å². The van der Waals surface area contributed by atoms with E-state index in [9.17, 15) is 14.7 Å². The Bertz CT molecular complexity index is 536. The lowest BCUT2D eigenvalue weighted by Gasteiger charge is -2.35. The number of carboxylic acid groups (broad SMARTS) is 1. The van der Waals surface area contributed by atoms with Gasteiger partial charge in [-0.2, -0.15) is 0 Å². The molecule has 1 aliphatic rings. The number of benzene rings is 1. The molecule has 5 heteroatoms. The van der Waals surface area contributed by atoms with E-state index in [0.29, 0.717) is 24.3 Å². The molecular formula is C16H20INO3. The third-order valence-electron chi connectivity index (χ3n) is 4.39. The number of nitrogens with one attached hydrogen (secondary N) is 1. The molecule has 0 radical (unpaired) electrons. The van der Waals surface area contributed by atoms with Crippen molar-refractivity contribution in [2.24, 2.45) is 11.3 Å². The molecule has 0 aliphatic heterocycles. The summed E-state index contributed by atoms with van der Waals surface area (Å²) in [5.74, 6) is -0.417. The van der Waals surface area contributed by atoms with Crippen LogP contribution in [0.1, 0.15) is 43.0 Å². The summed E-state index contributed by atoms with van der Waals surface area (Å²) in [5, 5.41) is 12.4. The summed E-state index contributed by atoms with van der Waals surface area (Å²) in [6.45, 7) is 2.36. The van der Waals surface area contributed by atoms with Crippen LogP contribution in [-0.4, -0.2) is 23.5 Å². The highest BCUT2D eigenvalue weighted by Gasteiger charge is 2.41. The van der Waals surface area contributed by atoms with Crippen LogP contribution in [0.25, 0.3) is 0 Å². The van der Waals surface area contributed by atoms with Gasteiger partial charge in [-0.3, -0.25) is 9.59 Å². The second-order valence-electron chi connectivity index (χ2n) is 5.93. The van der Waals surface area contributed by atoms with Gasteiger partial charge in [0.1, 0.15) is 0 Å². The number of carbonyl (C=O) groups is 2. The highest BCUT2D eigenvalue weighted by atomic mass is 127. The van der Waals surface area contributed by atoms with Crippen LogP contribution in [0.3, 0.4) is 0 Å². The molecule has 2 N–H and O–H groups in total. The Morgan fingerprint density at radius 1 is 1.33 bits per heavy atom. The van der Waals surface area contributed by atoms with Gasteiger partial charge in [0.15, 0.2) is 0 Å². The standard InChI is InChI=1S/C16H20INO3/c1-11-6-8-16(9-7-11,15(20)21)10-18-14(19)12-4-2-3-5-13(12)17/h2-5,11H,6-10H2,1H3,(H,18,19)(H,20,21). The van der Waals surface area contributed by atoms with Gasteiger partial charge < -0.3 is 10.4 Å². The Kier molecular flexibility index (Phi) is 5.24. The zero-order chi connectivity index (χ0) is 15.5. The van der Waals surface area contributed by atoms with Gasteiger partial charge in [0, 0.05) is 10.1 Å². The maximum atomic E-state index is 12.2. The van der Waals surface area contributed by atoms with Crippen LogP contribution >= 0.6 is 22.6 Å². The van der Waals surface area contributed by atoms with Gasteiger partial charge in [-0.15, -0.1) is 0 Å². The maximum Gasteiger partial charge on any atom is 0.311 e. The molecule has 1 saturated carbocycles. The summed E-state index contributed by atoms with van der Waals surface area (Å²) in [4.78, 5) is 23.9. The van der Waals surface area contributed by atoms with Gasteiger partial charge in [-0.1, -0.05) is 19.1 Å². The summed E-state index contributed by atoms with van der Waals surface area (Å²) >= 11 is 2.11. The zero-order valence-electron chi connectivity index (χ0n) is 12.1. The van der Waals surface area contributed by atoms with Crippen molar-refractivity contribution >= 4 is 34.5 Å². The van der Waals surface area contributed by atoms with E-state index >= 15 is 0 Å². The van der Waals surface area contributed by atoms with Crippen molar-refractivity contribution in [1.82, 2.24) is 5.32 Å². The van der Waals surface area contributed by atoms with Crippen molar-refractivity contribution in [3.63, 3.8) is 0 Å². The Balaban J connectivity index is 2.04. The SMILES string of the molecule is CC1CCC(CNC(=O)c2ccccc2I)(C(=O)O)CC1. The minimum absolute atomic E-state index is 0.195. The van der Waals surface area contributed by atoms with Gasteiger partial charge in [0.05, 0.1) is 11.0 Å². The number of halogens is 1. The molecule has 21 heavy (non-hydrogen) atoms. The van der Waals surface area contributed by atoms with Crippen LogP contribution in [0.2, 0.25) is 0 Å². The normalized spacial score (nSPS) is 25.3. The molecule has 114 valence electrons. The van der Waals surface area contributed by atoms with Gasteiger partial charge in [-0.05, 0) is 66.3 Å². The third-order valence-corrected chi connectivity index (χ3v) is 5.33. The zero-order valence-corrected chi connectivity index (χ0v) is 14.2. The van der Waals surface area contributed by atoms with Crippen LogP contribution in [0, 0.1) is 14.9 Å². The lowest BCUT2D eigenvalue weighted by Crippen LogP contribution is -2.45. The van der Waals surface area contributed by atoms with Crippen LogP contribution < -0.4 is 5.32 Å². The van der Waals surface area contributed by atoms with E-state index < -0.39 is 11.4 Å². The van der Waals surface area contributed by atoms with Crippen LogP contribution in [0.15, 0.2) is 24.3 Å². The fraction of sp³-hybridized carbons (Fsp3) is 0.500. The summed E-state index contributed by atoms with van der Waals surface area (Å²) in [6, 6.07) is 7.31. The molecule has 0 bridgehead atoms. The van der Waals surface area contributed by atoms with E-state index in [1.54, 1.807) is 6.07 Å². The van der Waals surface area contributed by atoms with Crippen molar-refractivity contribution in [3.8, 4) is 0 Å². The predicted molar refractivity (Wildman–Crippen MR) is 89.2 cm³/mol. The highest BCUT2D eigenvalue weighted by molar-refractivity contribution is 14.1. The monoisotopic (exact) mass is 401 g/mol. The first-order valence-electron chi connectivity index (χ1n) is 7.21. The Morgan fingerprint density at radius 3 is 2.52 bits per heavy atom. The average Bonchev–Trinajstić information content (AvgIpc) is 2.47. The second-order valence-corrected chi connectivity index (χ2v) is 7.09. The Hall–Kier alpha value is -1.11. The van der Waals surface area contributed by atoms with E-state index in [2.05, 4.69) is 34.8 Å². The number of hydrogen-bond donors (Lipinski definition) is 2. The number of amides is 1. The molecule has 2 rings (SSSR count). The number of hydrogen-bond acceptors (Lipinski definition) is 2. The summed E-state index contributed by atoms with van der Waals surface area (Å²) in [6.07, 6.45) is 3.08. The van der Waals surface area contributed by atoms with Crippen molar-refractivity contribution < 1.29 is 14.7 Å². The minimum atomic E-state index is -0.803. The summed E-state index contributed by atoms with van der Waals surface area (Å²) in [7, 11) is 0. The lowest BCUT2D eigenvalue weighted by atomic mass is 9.71. The van der Waals surface area contributed by atoms with Crippen molar-refractivity contribution in [2.45, 2.75) is 32.6 Å². The summed E-state index contributed by atoms with van der Waals surface area (Å²) in [5.41, 5.74) is -0.203. The molecule has 0 saturated heterocycles. The van der Waals surface area contributed by atoms with Gasteiger partial charge >= 0.3 is 5.97 Å². The third kappa shape index (κ3) is 3.75. The number of aliphatic carboxylic acids is 1. The Morgan fingerprint density at radius 2 is 1.95 bits per heavy atom. The topological polar surface area (TPSA) is 66.4 Å². The fourth-order valence-corrected chi connectivity index (χ4v) is 3.40. The predicted octanol–water partition coefficient (Wildman–Crippen LogP) is 3.30. The fourth-order valence-electron chi connectivity index (χ4n) is 2.77. The molecular weight excluding hydrogens is 381 g/mol. The quantitative estimate of drug-likeness (QED) is 0.761. The molecule has 0 aromatic heterocycles. The largest absolute Gasteiger partial charge is 0.481 e. The second kappa shape index (κ2) is 6.77. The lowest BCUT2D eigenvalue weighted by molar-refractivity contribution is -0.151. The van der Waals surface area contributed by atoms with E-state index in [0.717, 1.165) is 16.4 Å². The maximum absolute atomic E-state index is 12.2. The molecule has 1 fully saturated rings. The average molecular weight is 401 g/mol. The molecule has 1 aromatic rings. The molecule has 0 atom stereocenters. The molecule has 0 spiro atoms. The number of rotatable bonds is 4. The first-order chi connectivity index (χ1) is 9.94. The number of carboxylic acids is 1. The van der Waals surface area contributed by atoms with Gasteiger partial charge in [-0.25, -0.2) is 0 Å². The van der Waals surface area contributed by atoms with Crippen LogP contribution in [0.4, 0.5) is 0 Å². The molecule has 1 amide bonds. The Labute approximate surface area is 138 Å². The van der Waals surface area contributed by atoms with E-state index in [-0.39, 0.29) is 12.5 Å². The molecule has 4 nitrogen and oxygen atoms in total. The van der Waals surface area contributed by atoms with Crippen molar-refractivity contribution in [3.05, 3.63) is 33.4 Å². The molecule has 0 heterocycles. The van der Waals surface area contributed by atoms with Gasteiger partial charge in [0.25, 0.3) is 5.91 Å². The highest BCUT2D eigenvalue weighted by Crippen LogP contribution is 2.38. The van der Waals surface area contributed by atoms with Crippen molar-refractivity contribution in [2.75, 3.05) is 6.54 Å². The first kappa shape index (κ1) is 16.3. The first-order valence-corrected chi connectivity index (χ1v) is 8.28. The molecule has 1 aromatic carbocycles. The molecule has 0 unspecified atom stereocenters. The number of carbonyl (C=O) groups excluding carboxylic acids is 1.